The first-order chi connectivity index (χ1) is 19.6. The second-order valence-corrected chi connectivity index (χ2v) is 12.7. The van der Waals surface area contributed by atoms with Crippen molar-refractivity contribution in [3.8, 4) is 0 Å². The monoisotopic (exact) mass is 599 g/mol. The zero-order valence-corrected chi connectivity index (χ0v) is 24.8. The van der Waals surface area contributed by atoms with Crippen LogP contribution in [0, 0.1) is 12.7 Å². The van der Waals surface area contributed by atoms with E-state index in [-0.39, 0.29) is 29.0 Å². The van der Waals surface area contributed by atoms with Crippen molar-refractivity contribution in [2.45, 2.75) is 69.5 Å². The van der Waals surface area contributed by atoms with Crippen LogP contribution < -0.4 is 9.62 Å². The SMILES string of the molecule is Cc1ccccc1N(CC(=O)N(Cc1ccccc1F)C(C)C(=O)NC1CCCCC1)S(=O)(=O)c1ccc(Cl)cc1. The fraction of sp³-hybridized carbons (Fsp3) is 0.355. The van der Waals surface area contributed by atoms with Crippen molar-refractivity contribution >= 4 is 39.1 Å². The molecule has 0 aromatic heterocycles. The van der Waals surface area contributed by atoms with Gasteiger partial charge < -0.3 is 10.2 Å². The lowest BCUT2D eigenvalue weighted by molar-refractivity contribution is -0.139. The van der Waals surface area contributed by atoms with E-state index in [1.807, 2.05) is 0 Å². The van der Waals surface area contributed by atoms with Gasteiger partial charge in [0.1, 0.15) is 18.4 Å². The molecule has 1 N–H and O–H groups in total. The molecule has 1 atom stereocenters. The summed E-state index contributed by atoms with van der Waals surface area (Å²) < 4.78 is 43.6. The number of carbonyl (C=O) groups is 2. The normalized spacial score (nSPS) is 14.7. The molecule has 3 aromatic rings. The molecule has 2 amide bonds. The molecular formula is C31H35ClFN3O4S. The second-order valence-electron chi connectivity index (χ2n) is 10.4. The van der Waals surface area contributed by atoms with E-state index in [0.717, 1.165) is 36.4 Å². The number of nitrogens with zero attached hydrogens (tertiary/aromatic N) is 2. The lowest BCUT2D eigenvalue weighted by Gasteiger charge is -2.33. The smallest absolute Gasteiger partial charge is 0.264 e. The number of rotatable bonds is 10. The van der Waals surface area contributed by atoms with Crippen LogP contribution in [-0.2, 0) is 26.2 Å². The Labute approximate surface area is 246 Å². The summed E-state index contributed by atoms with van der Waals surface area (Å²) in [5.74, 6) is -1.51. The Bertz CT molecular complexity index is 1480. The van der Waals surface area contributed by atoms with Gasteiger partial charge in [-0.3, -0.25) is 13.9 Å². The molecule has 0 spiro atoms. The molecule has 1 saturated carbocycles. The molecule has 4 rings (SSSR count). The summed E-state index contributed by atoms with van der Waals surface area (Å²) in [6.45, 7) is 2.54. The topological polar surface area (TPSA) is 86.8 Å². The molecule has 0 radical (unpaired) electrons. The lowest BCUT2D eigenvalue weighted by Crippen LogP contribution is -2.53. The third-order valence-electron chi connectivity index (χ3n) is 7.48. The molecule has 1 aliphatic rings. The number of hydrogen-bond donors (Lipinski definition) is 1. The van der Waals surface area contributed by atoms with Crippen molar-refractivity contribution < 1.29 is 22.4 Å². The first kappa shape index (κ1) is 30.5. The van der Waals surface area contributed by atoms with Gasteiger partial charge in [-0.15, -0.1) is 0 Å². The number of sulfonamides is 1. The number of aryl methyl sites for hydroxylation is 1. The Morgan fingerprint density at radius 3 is 2.27 bits per heavy atom. The number of benzene rings is 3. The Balaban J connectivity index is 1.69. The van der Waals surface area contributed by atoms with Crippen molar-refractivity contribution in [3.05, 3.63) is 94.8 Å². The summed E-state index contributed by atoms with van der Waals surface area (Å²) in [6.07, 6.45) is 4.88. The Morgan fingerprint density at radius 1 is 0.976 bits per heavy atom. The maximum atomic E-state index is 14.7. The number of amides is 2. The van der Waals surface area contributed by atoms with Crippen molar-refractivity contribution in [1.82, 2.24) is 10.2 Å². The van der Waals surface area contributed by atoms with Gasteiger partial charge >= 0.3 is 0 Å². The molecule has 3 aromatic carbocycles. The van der Waals surface area contributed by atoms with Gasteiger partial charge in [0.15, 0.2) is 0 Å². The summed E-state index contributed by atoms with van der Waals surface area (Å²) in [5, 5.41) is 3.41. The zero-order valence-electron chi connectivity index (χ0n) is 23.2. The first-order valence-electron chi connectivity index (χ1n) is 13.7. The molecule has 218 valence electrons. The molecule has 1 aliphatic carbocycles. The van der Waals surface area contributed by atoms with E-state index in [9.17, 15) is 22.4 Å². The van der Waals surface area contributed by atoms with Gasteiger partial charge in [0.05, 0.1) is 10.6 Å². The lowest BCUT2D eigenvalue weighted by atomic mass is 9.95. The Hall–Kier alpha value is -3.43. The highest BCUT2D eigenvalue weighted by Crippen LogP contribution is 2.28. The van der Waals surface area contributed by atoms with Gasteiger partial charge in [0.2, 0.25) is 11.8 Å². The minimum Gasteiger partial charge on any atom is -0.352 e. The van der Waals surface area contributed by atoms with Crippen molar-refractivity contribution in [3.63, 3.8) is 0 Å². The molecular weight excluding hydrogens is 565 g/mol. The fourth-order valence-corrected chi connectivity index (χ4v) is 6.66. The van der Waals surface area contributed by atoms with E-state index in [0.29, 0.717) is 16.3 Å². The van der Waals surface area contributed by atoms with Gasteiger partial charge in [-0.25, -0.2) is 12.8 Å². The highest BCUT2D eigenvalue weighted by molar-refractivity contribution is 7.92. The number of halogens is 2. The van der Waals surface area contributed by atoms with Crippen molar-refractivity contribution in [2.24, 2.45) is 0 Å². The van der Waals surface area contributed by atoms with E-state index >= 15 is 0 Å². The molecule has 0 heterocycles. The number of nitrogens with one attached hydrogen (secondary N) is 1. The molecule has 1 unspecified atom stereocenters. The molecule has 0 saturated heterocycles. The van der Waals surface area contributed by atoms with Crippen molar-refractivity contribution in [1.29, 1.82) is 0 Å². The van der Waals surface area contributed by atoms with Crippen LogP contribution in [0.3, 0.4) is 0 Å². The fourth-order valence-electron chi connectivity index (χ4n) is 5.05. The minimum atomic E-state index is -4.22. The summed E-state index contributed by atoms with van der Waals surface area (Å²) in [4.78, 5) is 28.6. The van der Waals surface area contributed by atoms with Crippen LogP contribution in [0.25, 0.3) is 0 Å². The number of hydrogen-bond acceptors (Lipinski definition) is 4. The van der Waals surface area contributed by atoms with Crippen LogP contribution in [0.1, 0.15) is 50.2 Å². The molecule has 0 bridgehead atoms. The Kier molecular flexibility index (Phi) is 10.0. The molecule has 7 nitrogen and oxygen atoms in total. The summed E-state index contributed by atoms with van der Waals surface area (Å²) in [6, 6.07) is 17.6. The van der Waals surface area contributed by atoms with Crippen LogP contribution in [0.4, 0.5) is 10.1 Å². The van der Waals surface area contributed by atoms with E-state index in [4.69, 9.17) is 11.6 Å². The third kappa shape index (κ3) is 7.45. The first-order valence-corrected chi connectivity index (χ1v) is 15.6. The average Bonchev–Trinajstić information content (AvgIpc) is 2.96. The van der Waals surface area contributed by atoms with Gasteiger partial charge in [-0.2, -0.15) is 0 Å². The van der Waals surface area contributed by atoms with Crippen LogP contribution in [0.2, 0.25) is 5.02 Å². The standard InChI is InChI=1S/C31H35ClFN3O4S/c1-22-10-6-9-15-29(22)36(41(39,40)27-18-16-25(32)17-19-27)21-30(37)35(20-24-11-7-8-14-28(24)33)23(2)31(38)34-26-12-4-3-5-13-26/h6-11,14-19,23,26H,3-5,12-13,20-21H2,1-2H3,(H,34,38). The van der Waals surface area contributed by atoms with Gasteiger partial charge in [-0.1, -0.05) is 67.3 Å². The van der Waals surface area contributed by atoms with Crippen LogP contribution in [0.5, 0.6) is 0 Å². The predicted molar refractivity (Wildman–Crippen MR) is 159 cm³/mol. The maximum absolute atomic E-state index is 14.7. The quantitative estimate of drug-likeness (QED) is 0.317. The van der Waals surface area contributed by atoms with E-state index < -0.39 is 34.3 Å². The highest BCUT2D eigenvalue weighted by Gasteiger charge is 2.34. The zero-order chi connectivity index (χ0) is 29.6. The number of para-hydroxylation sites is 1. The minimum absolute atomic E-state index is 0.0119. The molecule has 1 fully saturated rings. The number of anilines is 1. The van der Waals surface area contributed by atoms with Gasteiger partial charge in [0.25, 0.3) is 10.0 Å². The molecule has 10 heteroatoms. The maximum Gasteiger partial charge on any atom is 0.264 e. The van der Waals surface area contributed by atoms with Crippen LogP contribution in [0.15, 0.2) is 77.7 Å². The molecule has 41 heavy (non-hydrogen) atoms. The third-order valence-corrected chi connectivity index (χ3v) is 9.51. The van der Waals surface area contributed by atoms with Crippen LogP contribution in [-0.4, -0.2) is 43.8 Å². The second kappa shape index (κ2) is 13.5. The van der Waals surface area contributed by atoms with E-state index in [1.165, 1.54) is 35.2 Å². The Morgan fingerprint density at radius 2 is 1.61 bits per heavy atom. The largest absolute Gasteiger partial charge is 0.352 e. The van der Waals surface area contributed by atoms with Crippen LogP contribution >= 0.6 is 11.6 Å². The highest BCUT2D eigenvalue weighted by atomic mass is 35.5. The van der Waals surface area contributed by atoms with Crippen molar-refractivity contribution in [2.75, 3.05) is 10.8 Å². The summed E-state index contributed by atoms with van der Waals surface area (Å²) in [5.41, 5.74) is 1.18. The summed E-state index contributed by atoms with van der Waals surface area (Å²) in [7, 11) is -4.22. The van der Waals surface area contributed by atoms with Gasteiger partial charge in [0, 0.05) is 23.2 Å². The number of carbonyl (C=O) groups excluding carboxylic acids is 2. The average molecular weight is 600 g/mol. The van der Waals surface area contributed by atoms with E-state index in [1.54, 1.807) is 56.3 Å². The summed E-state index contributed by atoms with van der Waals surface area (Å²) >= 11 is 6.00. The molecule has 0 aliphatic heterocycles. The van der Waals surface area contributed by atoms with Gasteiger partial charge in [-0.05, 0) is 68.7 Å². The predicted octanol–water partition coefficient (Wildman–Crippen LogP) is 5.85. The van der Waals surface area contributed by atoms with E-state index in [2.05, 4.69) is 5.32 Å².